The van der Waals surface area contributed by atoms with Gasteiger partial charge in [0.15, 0.2) is 5.82 Å². The van der Waals surface area contributed by atoms with Gasteiger partial charge in [0.1, 0.15) is 5.02 Å². The SMILES string of the molecule is C=C(C)CN(C)c1cnn(-c2ccc(C(F)(F)F)cn2)c(=O)c1Cl. The number of hydrogen-bond acceptors (Lipinski definition) is 4. The van der Waals surface area contributed by atoms with Crippen LogP contribution in [-0.2, 0) is 6.18 Å². The minimum Gasteiger partial charge on any atom is -0.368 e. The average molecular weight is 359 g/mol. The predicted octanol–water partition coefficient (Wildman–Crippen LogP) is 3.31. The summed E-state index contributed by atoms with van der Waals surface area (Å²) in [5, 5.41) is 3.83. The first-order chi connectivity index (χ1) is 11.1. The first-order valence-corrected chi connectivity index (χ1v) is 7.16. The molecule has 0 saturated heterocycles. The number of nitrogens with zero attached hydrogens (tertiary/aromatic N) is 4. The molecule has 0 amide bonds. The van der Waals surface area contributed by atoms with Crippen LogP contribution >= 0.6 is 11.6 Å². The Hall–Kier alpha value is -2.35. The molecule has 2 aromatic heterocycles. The number of aromatic nitrogens is 3. The Morgan fingerprint density at radius 1 is 1.38 bits per heavy atom. The van der Waals surface area contributed by atoms with Crippen molar-refractivity contribution in [1.82, 2.24) is 14.8 Å². The van der Waals surface area contributed by atoms with E-state index in [0.29, 0.717) is 18.4 Å². The molecule has 0 saturated carbocycles. The van der Waals surface area contributed by atoms with Crippen LogP contribution in [-0.4, -0.2) is 28.4 Å². The molecular weight excluding hydrogens is 345 g/mol. The molecule has 9 heteroatoms. The van der Waals surface area contributed by atoms with E-state index in [1.165, 1.54) is 6.20 Å². The predicted molar refractivity (Wildman–Crippen MR) is 85.7 cm³/mol. The van der Waals surface area contributed by atoms with Gasteiger partial charge in [-0.2, -0.15) is 23.0 Å². The first-order valence-electron chi connectivity index (χ1n) is 6.78. The van der Waals surface area contributed by atoms with E-state index in [1.807, 2.05) is 6.92 Å². The van der Waals surface area contributed by atoms with Gasteiger partial charge in [-0.05, 0) is 19.1 Å². The van der Waals surface area contributed by atoms with Crippen LogP contribution in [0, 0.1) is 0 Å². The molecule has 0 unspecified atom stereocenters. The van der Waals surface area contributed by atoms with E-state index in [2.05, 4.69) is 16.7 Å². The van der Waals surface area contributed by atoms with Crippen LogP contribution in [0.5, 0.6) is 0 Å². The Bertz CT molecular complexity index is 815. The molecule has 2 aromatic rings. The molecule has 0 fully saturated rings. The zero-order valence-corrected chi connectivity index (χ0v) is 13.7. The highest BCUT2D eigenvalue weighted by Gasteiger charge is 2.30. The fourth-order valence-corrected chi connectivity index (χ4v) is 2.30. The molecule has 0 atom stereocenters. The first kappa shape index (κ1) is 18.0. The summed E-state index contributed by atoms with van der Waals surface area (Å²) in [5.41, 5.74) is -0.326. The van der Waals surface area contributed by atoms with Crippen LogP contribution in [0.2, 0.25) is 5.02 Å². The number of alkyl halides is 3. The highest BCUT2D eigenvalue weighted by atomic mass is 35.5. The van der Waals surface area contributed by atoms with Crippen LogP contribution in [0.3, 0.4) is 0 Å². The maximum absolute atomic E-state index is 12.6. The molecule has 0 N–H and O–H groups in total. The van der Waals surface area contributed by atoms with Crippen molar-refractivity contribution >= 4 is 17.3 Å². The largest absolute Gasteiger partial charge is 0.417 e. The van der Waals surface area contributed by atoms with Crippen molar-refractivity contribution in [3.63, 3.8) is 0 Å². The lowest BCUT2D eigenvalue weighted by Crippen LogP contribution is -2.27. The third-order valence-corrected chi connectivity index (χ3v) is 3.47. The lowest BCUT2D eigenvalue weighted by Gasteiger charge is -2.20. The Morgan fingerprint density at radius 3 is 2.54 bits per heavy atom. The van der Waals surface area contributed by atoms with Crippen molar-refractivity contribution in [2.24, 2.45) is 0 Å². The van der Waals surface area contributed by atoms with Gasteiger partial charge in [-0.15, -0.1) is 0 Å². The zero-order valence-electron chi connectivity index (χ0n) is 12.9. The fraction of sp³-hybridized carbons (Fsp3) is 0.267. The second kappa shape index (κ2) is 6.64. The van der Waals surface area contributed by atoms with E-state index >= 15 is 0 Å². The normalized spacial score (nSPS) is 11.4. The quantitative estimate of drug-likeness (QED) is 0.787. The van der Waals surface area contributed by atoms with Crippen LogP contribution < -0.4 is 10.5 Å². The second-order valence-electron chi connectivity index (χ2n) is 5.28. The van der Waals surface area contributed by atoms with Gasteiger partial charge in [0.2, 0.25) is 0 Å². The molecule has 24 heavy (non-hydrogen) atoms. The molecule has 0 aliphatic heterocycles. The number of rotatable bonds is 4. The summed E-state index contributed by atoms with van der Waals surface area (Å²) in [6, 6.07) is 1.89. The molecule has 2 rings (SSSR count). The van der Waals surface area contributed by atoms with Gasteiger partial charge in [0.05, 0.1) is 17.4 Å². The number of likely N-dealkylation sites (N-methyl/N-ethyl adjacent to an activating group) is 1. The molecule has 128 valence electrons. The molecule has 0 bridgehead atoms. The standard InChI is InChI=1S/C15H14ClF3N4O/c1-9(2)8-22(3)11-7-21-23(14(24)13(11)16)12-5-4-10(6-20-12)15(17,18)19/h4-7H,1,8H2,2-3H3. The minimum absolute atomic E-state index is 0.0518. The maximum Gasteiger partial charge on any atom is 0.417 e. The zero-order chi connectivity index (χ0) is 18.1. The Morgan fingerprint density at radius 2 is 2.04 bits per heavy atom. The molecule has 0 aliphatic carbocycles. The van der Waals surface area contributed by atoms with E-state index in [1.54, 1.807) is 11.9 Å². The Kier molecular flexibility index (Phi) is 4.98. The fourth-order valence-electron chi connectivity index (χ4n) is 2.02. The molecule has 2 heterocycles. The summed E-state index contributed by atoms with van der Waals surface area (Å²) in [6.45, 7) is 6.08. The summed E-state index contributed by atoms with van der Waals surface area (Å²) >= 11 is 6.08. The minimum atomic E-state index is -4.50. The number of anilines is 1. The topological polar surface area (TPSA) is 51.0 Å². The summed E-state index contributed by atoms with van der Waals surface area (Å²) in [4.78, 5) is 17.7. The number of hydrogen-bond donors (Lipinski definition) is 0. The third kappa shape index (κ3) is 3.76. The van der Waals surface area contributed by atoms with E-state index in [0.717, 1.165) is 22.4 Å². The molecule has 0 radical (unpaired) electrons. The molecule has 0 aliphatic rings. The monoisotopic (exact) mass is 358 g/mol. The van der Waals surface area contributed by atoms with Crippen molar-refractivity contribution in [1.29, 1.82) is 0 Å². The van der Waals surface area contributed by atoms with E-state index in [9.17, 15) is 18.0 Å². The smallest absolute Gasteiger partial charge is 0.368 e. The van der Waals surface area contributed by atoms with Gasteiger partial charge < -0.3 is 4.90 Å². The van der Waals surface area contributed by atoms with Crippen molar-refractivity contribution in [3.05, 3.63) is 57.6 Å². The molecule has 0 aromatic carbocycles. The van der Waals surface area contributed by atoms with E-state index in [4.69, 9.17) is 11.6 Å². The second-order valence-corrected chi connectivity index (χ2v) is 5.65. The summed E-state index contributed by atoms with van der Waals surface area (Å²) in [7, 11) is 1.72. The van der Waals surface area contributed by atoms with E-state index in [-0.39, 0.29) is 10.8 Å². The van der Waals surface area contributed by atoms with Gasteiger partial charge in [0.25, 0.3) is 5.56 Å². The third-order valence-electron chi connectivity index (χ3n) is 3.11. The summed E-state index contributed by atoms with van der Waals surface area (Å²) in [6.07, 6.45) is -2.51. The van der Waals surface area contributed by atoms with E-state index < -0.39 is 17.3 Å². The highest BCUT2D eigenvalue weighted by molar-refractivity contribution is 6.33. The Balaban J connectivity index is 2.41. The summed E-state index contributed by atoms with van der Waals surface area (Å²) in [5.74, 6) is -0.0518. The van der Waals surface area contributed by atoms with Gasteiger partial charge >= 0.3 is 6.18 Å². The van der Waals surface area contributed by atoms with Crippen LogP contribution in [0.15, 0.2) is 41.5 Å². The molecular formula is C15H14ClF3N4O. The van der Waals surface area contributed by atoms with Gasteiger partial charge in [-0.3, -0.25) is 4.79 Å². The van der Waals surface area contributed by atoms with Crippen LogP contribution in [0.25, 0.3) is 5.82 Å². The van der Waals surface area contributed by atoms with Crippen molar-refractivity contribution in [2.75, 3.05) is 18.5 Å². The van der Waals surface area contributed by atoms with Crippen molar-refractivity contribution in [2.45, 2.75) is 13.1 Å². The highest BCUT2D eigenvalue weighted by Crippen LogP contribution is 2.28. The summed E-state index contributed by atoms with van der Waals surface area (Å²) < 4.78 is 38.5. The lowest BCUT2D eigenvalue weighted by atomic mass is 10.3. The van der Waals surface area contributed by atoms with Gasteiger partial charge in [-0.25, -0.2) is 4.98 Å². The average Bonchev–Trinajstić information content (AvgIpc) is 2.48. The van der Waals surface area contributed by atoms with Crippen LogP contribution in [0.4, 0.5) is 18.9 Å². The van der Waals surface area contributed by atoms with Crippen LogP contribution in [0.1, 0.15) is 12.5 Å². The van der Waals surface area contributed by atoms with Gasteiger partial charge in [0, 0.05) is 19.8 Å². The maximum atomic E-state index is 12.6. The van der Waals surface area contributed by atoms with Crippen molar-refractivity contribution in [3.8, 4) is 5.82 Å². The molecule has 0 spiro atoms. The molecule has 5 nitrogen and oxygen atoms in total. The lowest BCUT2D eigenvalue weighted by molar-refractivity contribution is -0.137. The number of pyridine rings is 1. The van der Waals surface area contributed by atoms with Crippen molar-refractivity contribution < 1.29 is 13.2 Å². The number of halogens is 4. The Labute approximate surface area is 141 Å². The van der Waals surface area contributed by atoms with Gasteiger partial charge in [-0.1, -0.05) is 23.8 Å².